The van der Waals surface area contributed by atoms with E-state index < -0.39 is 6.04 Å². The largest absolute Gasteiger partial charge is 0.494 e. The number of nitrogens with two attached hydrogens (primary N) is 2. The van der Waals surface area contributed by atoms with Crippen LogP contribution in [0.15, 0.2) is 48.5 Å². The highest BCUT2D eigenvalue weighted by atomic mass is 32.2. The quantitative estimate of drug-likeness (QED) is 0.513. The van der Waals surface area contributed by atoms with E-state index in [9.17, 15) is 4.79 Å². The van der Waals surface area contributed by atoms with E-state index in [2.05, 4.69) is 54.6 Å². The monoisotopic (exact) mass is 424 g/mol. The van der Waals surface area contributed by atoms with Gasteiger partial charge in [0, 0.05) is 12.3 Å². The number of rotatable bonds is 11. The SMILES string of the molecule is NCC(N)C(=O)SCCCCCCOc1ccc2c(c1)CCC(c1ccccc1)=C2. The molecule has 5 heteroatoms. The zero-order valence-corrected chi connectivity index (χ0v) is 18.3. The van der Waals surface area contributed by atoms with Gasteiger partial charge in [0.2, 0.25) is 5.12 Å². The molecule has 1 aliphatic carbocycles. The average Bonchev–Trinajstić information content (AvgIpc) is 2.80. The number of hydrogen-bond acceptors (Lipinski definition) is 5. The Bertz CT molecular complexity index is 851. The molecule has 2 aromatic carbocycles. The summed E-state index contributed by atoms with van der Waals surface area (Å²) < 4.78 is 5.96. The molecule has 160 valence electrons. The summed E-state index contributed by atoms with van der Waals surface area (Å²) in [5.41, 5.74) is 16.4. The van der Waals surface area contributed by atoms with Crippen LogP contribution < -0.4 is 16.2 Å². The van der Waals surface area contributed by atoms with Crippen LogP contribution in [0.2, 0.25) is 0 Å². The topological polar surface area (TPSA) is 78.3 Å². The molecular formula is C25H32N2O2S. The van der Waals surface area contributed by atoms with Crippen molar-refractivity contribution in [1.29, 1.82) is 0 Å². The first-order chi connectivity index (χ1) is 14.7. The maximum atomic E-state index is 11.6. The smallest absolute Gasteiger partial charge is 0.206 e. The molecule has 0 heterocycles. The van der Waals surface area contributed by atoms with Gasteiger partial charge in [-0.05, 0) is 60.1 Å². The third-order valence-electron chi connectivity index (χ3n) is 5.36. The maximum absolute atomic E-state index is 11.6. The van der Waals surface area contributed by atoms with Crippen LogP contribution in [0, 0.1) is 0 Å². The Morgan fingerprint density at radius 1 is 1.03 bits per heavy atom. The lowest BCUT2D eigenvalue weighted by molar-refractivity contribution is -0.111. The van der Waals surface area contributed by atoms with E-state index >= 15 is 0 Å². The third-order valence-corrected chi connectivity index (χ3v) is 6.44. The van der Waals surface area contributed by atoms with E-state index in [0.717, 1.165) is 56.6 Å². The van der Waals surface area contributed by atoms with Crippen LogP contribution in [-0.2, 0) is 11.2 Å². The molecule has 0 saturated carbocycles. The number of unbranched alkanes of at least 4 members (excludes halogenated alkanes) is 3. The van der Waals surface area contributed by atoms with Gasteiger partial charge in [-0.25, -0.2) is 0 Å². The second-order valence-corrected chi connectivity index (χ2v) is 8.77. The number of carbonyl (C=O) groups is 1. The summed E-state index contributed by atoms with van der Waals surface area (Å²) in [6, 6.07) is 16.5. The van der Waals surface area contributed by atoms with Gasteiger partial charge in [-0.2, -0.15) is 0 Å². The van der Waals surface area contributed by atoms with Gasteiger partial charge in [0.25, 0.3) is 0 Å². The highest BCUT2D eigenvalue weighted by Crippen LogP contribution is 2.32. The number of allylic oxidation sites excluding steroid dienone is 1. The van der Waals surface area contributed by atoms with Crippen molar-refractivity contribution in [1.82, 2.24) is 0 Å². The summed E-state index contributed by atoms with van der Waals surface area (Å²) in [7, 11) is 0. The van der Waals surface area contributed by atoms with Crippen LogP contribution in [0.4, 0.5) is 0 Å². The fourth-order valence-electron chi connectivity index (χ4n) is 3.56. The Hall–Kier alpha value is -2.08. The molecule has 1 atom stereocenters. The van der Waals surface area contributed by atoms with Crippen LogP contribution in [0.5, 0.6) is 5.75 Å². The molecule has 0 bridgehead atoms. The van der Waals surface area contributed by atoms with Gasteiger partial charge in [-0.3, -0.25) is 4.79 Å². The second-order valence-electron chi connectivity index (χ2n) is 7.67. The molecule has 0 aliphatic heterocycles. The van der Waals surface area contributed by atoms with Crippen molar-refractivity contribution < 1.29 is 9.53 Å². The van der Waals surface area contributed by atoms with Gasteiger partial charge < -0.3 is 16.2 Å². The van der Waals surface area contributed by atoms with E-state index in [1.807, 2.05) is 0 Å². The van der Waals surface area contributed by atoms with Crippen LogP contribution in [0.3, 0.4) is 0 Å². The molecule has 0 radical (unpaired) electrons. The van der Waals surface area contributed by atoms with Crippen LogP contribution in [0.25, 0.3) is 11.6 Å². The molecular weight excluding hydrogens is 392 g/mol. The van der Waals surface area contributed by atoms with Gasteiger partial charge in [0.1, 0.15) is 5.75 Å². The number of thioether (sulfide) groups is 1. The highest BCUT2D eigenvalue weighted by Gasteiger charge is 2.13. The number of fused-ring (bicyclic) bond motifs is 1. The molecule has 0 fully saturated rings. The second kappa shape index (κ2) is 11.9. The molecule has 0 aromatic heterocycles. The minimum absolute atomic E-state index is 0.000947. The van der Waals surface area contributed by atoms with Gasteiger partial charge in [-0.1, -0.05) is 67.1 Å². The van der Waals surface area contributed by atoms with Gasteiger partial charge >= 0.3 is 0 Å². The van der Waals surface area contributed by atoms with Crippen molar-refractivity contribution >= 4 is 28.5 Å². The number of benzene rings is 2. The summed E-state index contributed by atoms with van der Waals surface area (Å²) in [4.78, 5) is 11.6. The van der Waals surface area contributed by atoms with Crippen molar-refractivity contribution in [2.45, 2.75) is 44.6 Å². The van der Waals surface area contributed by atoms with Crippen molar-refractivity contribution in [2.24, 2.45) is 11.5 Å². The lowest BCUT2D eigenvalue weighted by Crippen LogP contribution is -2.36. The van der Waals surface area contributed by atoms with Gasteiger partial charge in [0.05, 0.1) is 12.6 Å². The molecule has 2 aromatic rings. The minimum atomic E-state index is -0.527. The minimum Gasteiger partial charge on any atom is -0.494 e. The summed E-state index contributed by atoms with van der Waals surface area (Å²) in [6.45, 7) is 0.949. The standard InChI is InChI=1S/C25H32N2O2S/c26-18-24(27)25(28)30-15-7-2-1-6-14-29-23-13-12-21-16-20(10-11-22(21)17-23)19-8-4-3-5-9-19/h3-5,8-9,12-13,16-17,24H,1-2,6-7,10-11,14-15,18,26-27H2. The lowest BCUT2D eigenvalue weighted by Gasteiger charge is -2.18. The Labute approximate surface area is 184 Å². The normalized spacial score (nSPS) is 14.0. The summed E-state index contributed by atoms with van der Waals surface area (Å²) in [5.74, 6) is 1.78. The first kappa shape index (κ1) is 22.6. The van der Waals surface area contributed by atoms with Crippen molar-refractivity contribution in [3.8, 4) is 5.75 Å². The van der Waals surface area contributed by atoms with E-state index in [4.69, 9.17) is 16.2 Å². The predicted molar refractivity (Wildman–Crippen MR) is 128 cm³/mol. The van der Waals surface area contributed by atoms with E-state index in [0.29, 0.717) is 0 Å². The van der Waals surface area contributed by atoms with Crippen molar-refractivity contribution in [3.05, 3.63) is 65.2 Å². The number of aryl methyl sites for hydroxylation is 1. The average molecular weight is 425 g/mol. The Kier molecular flexibility index (Phi) is 9.00. The summed E-state index contributed by atoms with van der Waals surface area (Å²) in [5, 5.41) is -0.000947. The Morgan fingerprint density at radius 3 is 2.63 bits per heavy atom. The molecule has 0 amide bonds. The molecule has 3 rings (SSSR count). The fourth-order valence-corrected chi connectivity index (χ4v) is 4.42. The number of ether oxygens (including phenoxy) is 1. The highest BCUT2D eigenvalue weighted by molar-refractivity contribution is 8.13. The van der Waals surface area contributed by atoms with Crippen LogP contribution >= 0.6 is 11.8 Å². The van der Waals surface area contributed by atoms with Crippen LogP contribution in [0.1, 0.15) is 48.8 Å². The van der Waals surface area contributed by atoms with Crippen LogP contribution in [-0.4, -0.2) is 30.1 Å². The summed E-state index contributed by atoms with van der Waals surface area (Å²) in [6.07, 6.45) is 8.67. The Balaban J connectivity index is 1.36. The zero-order chi connectivity index (χ0) is 21.2. The molecule has 0 saturated heterocycles. The molecule has 1 unspecified atom stereocenters. The summed E-state index contributed by atoms with van der Waals surface area (Å²) >= 11 is 1.30. The molecule has 30 heavy (non-hydrogen) atoms. The maximum Gasteiger partial charge on any atom is 0.206 e. The first-order valence-corrected chi connectivity index (χ1v) is 11.8. The molecule has 4 N–H and O–H groups in total. The number of hydrogen-bond donors (Lipinski definition) is 2. The van der Waals surface area contributed by atoms with Gasteiger partial charge in [-0.15, -0.1) is 0 Å². The van der Waals surface area contributed by atoms with E-state index in [-0.39, 0.29) is 11.7 Å². The van der Waals surface area contributed by atoms with Gasteiger partial charge in [0.15, 0.2) is 0 Å². The third kappa shape index (κ3) is 6.73. The Morgan fingerprint density at radius 2 is 1.83 bits per heavy atom. The van der Waals surface area contributed by atoms with Crippen molar-refractivity contribution in [2.75, 3.05) is 18.9 Å². The van der Waals surface area contributed by atoms with E-state index in [1.54, 1.807) is 0 Å². The fraction of sp³-hybridized carbons (Fsp3) is 0.400. The zero-order valence-electron chi connectivity index (χ0n) is 17.5. The van der Waals surface area contributed by atoms with Crippen molar-refractivity contribution in [3.63, 3.8) is 0 Å². The predicted octanol–water partition coefficient (Wildman–Crippen LogP) is 4.66. The molecule has 4 nitrogen and oxygen atoms in total. The first-order valence-electron chi connectivity index (χ1n) is 10.8. The van der Waals surface area contributed by atoms with E-state index in [1.165, 1.54) is 34.0 Å². The molecule has 0 spiro atoms. The lowest BCUT2D eigenvalue weighted by atomic mass is 9.88. The molecule has 1 aliphatic rings. The number of carbonyl (C=O) groups excluding carboxylic acids is 1.